The van der Waals surface area contributed by atoms with E-state index in [-0.39, 0.29) is 21.2 Å². The summed E-state index contributed by atoms with van der Waals surface area (Å²) in [6, 6.07) is 0. The summed E-state index contributed by atoms with van der Waals surface area (Å²) in [7, 11) is -3.85. The maximum absolute atomic E-state index is 11.1. The highest BCUT2D eigenvalue weighted by molar-refractivity contribution is 7.89. The standard InChI is InChI=1S/C5H6N6O2S2/c6-15(12,13)4-2(1-7-10-4)3-8-5(14)11-9-3/h1H,(H,7,10)(H2,6,12,13)(H2,8,9,11,14). The Bertz CT molecular complexity index is 634. The highest BCUT2D eigenvalue weighted by atomic mass is 32.2. The van der Waals surface area contributed by atoms with E-state index in [0.29, 0.717) is 0 Å². The quantitative estimate of drug-likeness (QED) is 0.530. The molecule has 0 spiro atoms. The van der Waals surface area contributed by atoms with E-state index in [1.165, 1.54) is 6.20 Å². The normalized spacial score (nSPS) is 11.8. The van der Waals surface area contributed by atoms with Crippen molar-refractivity contribution in [3.63, 3.8) is 0 Å². The molecular weight excluding hydrogens is 240 g/mol. The van der Waals surface area contributed by atoms with Gasteiger partial charge in [0.05, 0.1) is 11.8 Å². The summed E-state index contributed by atoms with van der Waals surface area (Å²) in [6.45, 7) is 0. The number of nitrogens with two attached hydrogens (primary N) is 1. The van der Waals surface area contributed by atoms with Crippen molar-refractivity contribution < 1.29 is 8.42 Å². The smallest absolute Gasteiger partial charge is 0.255 e. The second-order valence-electron chi connectivity index (χ2n) is 2.67. The average Bonchev–Trinajstić information content (AvgIpc) is 2.68. The third-order valence-electron chi connectivity index (χ3n) is 1.65. The van der Waals surface area contributed by atoms with Crippen molar-refractivity contribution in [1.82, 2.24) is 25.4 Å². The minimum absolute atomic E-state index is 0.208. The van der Waals surface area contributed by atoms with Crippen LogP contribution in [0.1, 0.15) is 0 Å². The average molecular weight is 246 g/mol. The van der Waals surface area contributed by atoms with Crippen LogP contribution in [0.25, 0.3) is 11.4 Å². The largest absolute Gasteiger partial charge is 0.282 e. The van der Waals surface area contributed by atoms with Crippen molar-refractivity contribution in [2.24, 2.45) is 5.14 Å². The minimum atomic E-state index is -3.85. The second-order valence-corrected chi connectivity index (χ2v) is 4.56. The number of aromatic amines is 3. The molecule has 0 aliphatic heterocycles. The third kappa shape index (κ3) is 1.82. The Hall–Kier alpha value is -1.52. The molecule has 80 valence electrons. The van der Waals surface area contributed by atoms with Gasteiger partial charge in [-0.15, -0.1) is 0 Å². The molecule has 0 atom stereocenters. The van der Waals surface area contributed by atoms with Gasteiger partial charge >= 0.3 is 0 Å². The molecule has 0 radical (unpaired) electrons. The van der Waals surface area contributed by atoms with Crippen LogP contribution >= 0.6 is 12.2 Å². The van der Waals surface area contributed by atoms with Crippen LogP contribution in [0.5, 0.6) is 0 Å². The van der Waals surface area contributed by atoms with Crippen LogP contribution in [0, 0.1) is 4.77 Å². The summed E-state index contributed by atoms with van der Waals surface area (Å²) in [5, 5.41) is 15.8. The molecule has 0 aliphatic rings. The SMILES string of the molecule is NS(=O)(=O)c1[nH]ncc1-c1nc(=S)[nH][nH]1. The number of rotatable bonds is 2. The number of H-pyrrole nitrogens is 3. The lowest BCUT2D eigenvalue weighted by molar-refractivity contribution is 0.594. The summed E-state index contributed by atoms with van der Waals surface area (Å²) in [4.78, 5) is 3.85. The Kier molecular flexibility index (Phi) is 2.17. The number of primary sulfonamides is 1. The molecule has 0 fully saturated rings. The van der Waals surface area contributed by atoms with E-state index in [9.17, 15) is 8.42 Å². The Labute approximate surface area is 89.0 Å². The molecular formula is C5H6N6O2S2. The Morgan fingerprint density at radius 3 is 2.67 bits per heavy atom. The van der Waals surface area contributed by atoms with Crippen LogP contribution < -0.4 is 5.14 Å². The number of sulfonamides is 1. The van der Waals surface area contributed by atoms with Crippen molar-refractivity contribution in [2.75, 3.05) is 0 Å². The summed E-state index contributed by atoms with van der Waals surface area (Å²) in [5.74, 6) is 0.262. The van der Waals surface area contributed by atoms with Crippen molar-refractivity contribution in [1.29, 1.82) is 0 Å². The molecule has 0 aromatic carbocycles. The van der Waals surface area contributed by atoms with Gasteiger partial charge in [0.25, 0.3) is 10.0 Å². The Morgan fingerprint density at radius 2 is 2.13 bits per heavy atom. The van der Waals surface area contributed by atoms with E-state index in [1.807, 2.05) is 0 Å². The number of aromatic nitrogens is 5. The molecule has 2 aromatic rings. The van der Waals surface area contributed by atoms with Gasteiger partial charge in [0.1, 0.15) is 0 Å². The first kappa shape index (κ1) is 10.0. The summed E-state index contributed by atoms with van der Waals surface area (Å²) >= 11 is 4.73. The third-order valence-corrected chi connectivity index (χ3v) is 2.72. The van der Waals surface area contributed by atoms with Gasteiger partial charge in [0.2, 0.25) is 4.77 Å². The lowest BCUT2D eigenvalue weighted by Gasteiger charge is -1.95. The van der Waals surface area contributed by atoms with E-state index in [0.717, 1.165) is 0 Å². The van der Waals surface area contributed by atoms with E-state index in [2.05, 4.69) is 25.4 Å². The summed E-state index contributed by atoms with van der Waals surface area (Å²) in [6.07, 6.45) is 1.29. The fraction of sp³-hybridized carbons (Fsp3) is 0. The monoisotopic (exact) mass is 246 g/mol. The molecule has 0 amide bonds. The van der Waals surface area contributed by atoms with Crippen LogP contribution in [0.2, 0.25) is 0 Å². The molecule has 0 saturated carbocycles. The van der Waals surface area contributed by atoms with Gasteiger partial charge in [-0.25, -0.2) is 13.6 Å². The molecule has 2 heterocycles. The van der Waals surface area contributed by atoms with Gasteiger partial charge in [-0.05, 0) is 12.2 Å². The summed E-state index contributed by atoms with van der Waals surface area (Å²) in [5.41, 5.74) is 0.241. The minimum Gasteiger partial charge on any atom is -0.282 e. The van der Waals surface area contributed by atoms with Crippen LogP contribution in [-0.4, -0.2) is 33.8 Å². The summed E-state index contributed by atoms with van der Waals surface area (Å²) < 4.78 is 22.5. The van der Waals surface area contributed by atoms with Crippen LogP contribution in [0.15, 0.2) is 11.2 Å². The first-order valence-corrected chi connectivity index (χ1v) is 5.65. The van der Waals surface area contributed by atoms with Crippen LogP contribution in [0.3, 0.4) is 0 Å². The Balaban J connectivity index is 2.65. The lowest BCUT2D eigenvalue weighted by Crippen LogP contribution is -2.13. The Morgan fingerprint density at radius 1 is 1.40 bits per heavy atom. The molecule has 0 aliphatic carbocycles. The first-order valence-electron chi connectivity index (χ1n) is 3.69. The molecule has 0 unspecified atom stereocenters. The number of nitrogens with one attached hydrogen (secondary N) is 3. The van der Waals surface area contributed by atoms with E-state index in [1.54, 1.807) is 0 Å². The van der Waals surface area contributed by atoms with Crippen molar-refractivity contribution in [3.8, 4) is 11.4 Å². The van der Waals surface area contributed by atoms with E-state index < -0.39 is 10.0 Å². The molecule has 15 heavy (non-hydrogen) atoms. The van der Waals surface area contributed by atoms with E-state index in [4.69, 9.17) is 17.4 Å². The van der Waals surface area contributed by atoms with Gasteiger partial charge in [-0.2, -0.15) is 10.1 Å². The molecule has 0 bridgehead atoms. The highest BCUT2D eigenvalue weighted by Crippen LogP contribution is 2.19. The zero-order chi connectivity index (χ0) is 11.1. The molecule has 0 saturated heterocycles. The number of hydrogen-bond acceptors (Lipinski definition) is 5. The van der Waals surface area contributed by atoms with Gasteiger partial charge in [-0.1, -0.05) is 0 Å². The highest BCUT2D eigenvalue weighted by Gasteiger charge is 2.19. The molecule has 2 rings (SSSR count). The predicted molar refractivity (Wildman–Crippen MR) is 52.7 cm³/mol. The van der Waals surface area contributed by atoms with Gasteiger partial charge in [0, 0.05) is 0 Å². The zero-order valence-corrected chi connectivity index (χ0v) is 8.82. The fourth-order valence-corrected chi connectivity index (χ4v) is 1.84. The topological polar surface area (TPSA) is 133 Å². The molecule has 10 heteroatoms. The second kappa shape index (κ2) is 3.25. The van der Waals surface area contributed by atoms with Crippen LogP contribution in [-0.2, 0) is 10.0 Å². The fourth-order valence-electron chi connectivity index (χ4n) is 1.06. The number of hydrogen-bond donors (Lipinski definition) is 4. The molecule has 8 nitrogen and oxygen atoms in total. The van der Waals surface area contributed by atoms with Crippen molar-refractivity contribution >= 4 is 22.2 Å². The molecule has 2 aromatic heterocycles. The lowest BCUT2D eigenvalue weighted by atomic mass is 10.3. The number of nitrogens with zero attached hydrogens (tertiary/aromatic N) is 2. The van der Waals surface area contributed by atoms with Gasteiger partial charge in [-0.3, -0.25) is 15.3 Å². The van der Waals surface area contributed by atoms with Gasteiger partial charge < -0.3 is 0 Å². The maximum atomic E-state index is 11.1. The van der Waals surface area contributed by atoms with E-state index >= 15 is 0 Å². The predicted octanol–water partition coefficient (Wildman–Crippen LogP) is -0.495. The first-order chi connectivity index (χ1) is 6.98. The van der Waals surface area contributed by atoms with Crippen molar-refractivity contribution in [3.05, 3.63) is 11.0 Å². The maximum Gasteiger partial charge on any atom is 0.255 e. The molecule has 5 N–H and O–H groups in total. The van der Waals surface area contributed by atoms with Crippen molar-refractivity contribution in [2.45, 2.75) is 5.03 Å². The zero-order valence-electron chi connectivity index (χ0n) is 7.18. The van der Waals surface area contributed by atoms with Gasteiger partial charge in [0.15, 0.2) is 10.9 Å². The van der Waals surface area contributed by atoms with Crippen LogP contribution in [0.4, 0.5) is 0 Å².